The van der Waals surface area contributed by atoms with Crippen LogP contribution in [0.2, 0.25) is 0 Å². The molecule has 2 saturated heterocycles. The van der Waals surface area contributed by atoms with Gasteiger partial charge in [-0.25, -0.2) is 14.1 Å². The van der Waals surface area contributed by atoms with Gasteiger partial charge in [0, 0.05) is 5.92 Å². The second-order valence-electron chi connectivity index (χ2n) is 10.6. The molecule has 1 saturated carbocycles. The van der Waals surface area contributed by atoms with E-state index in [9.17, 15) is 33.5 Å². The maximum Gasteiger partial charge on any atom is 0.328 e. The first-order valence-electron chi connectivity index (χ1n) is 12.4. The summed E-state index contributed by atoms with van der Waals surface area (Å²) < 4.78 is 14.6. The summed E-state index contributed by atoms with van der Waals surface area (Å²) in [4.78, 5) is 67.7. The number of nitrogens with two attached hydrogens (primary N) is 1. The van der Waals surface area contributed by atoms with Gasteiger partial charge in [-0.3, -0.25) is 19.2 Å². The van der Waals surface area contributed by atoms with Gasteiger partial charge in [-0.1, -0.05) is 35.9 Å². The first-order valence-corrected chi connectivity index (χ1v) is 12.4. The van der Waals surface area contributed by atoms with Crippen LogP contribution in [-0.4, -0.2) is 39.7 Å². The van der Waals surface area contributed by atoms with Gasteiger partial charge in [0.25, 0.3) is 0 Å². The zero-order chi connectivity index (χ0) is 27.1. The van der Waals surface area contributed by atoms with E-state index >= 15 is 0 Å². The Balaban J connectivity index is 1.54. The standard InChI is InChI=1S/C28H24FN3O6/c1-28-18(24(35)31(26(28)37)14-5-3-2-4-6-14)12-17-15(22(28)13-7-10-20(33)19(29)11-13)8-9-16-21(17)25(36)32(23(16)34)27(30)38/h2-8,10-11,16-18,21-22,33H,9,12H2,1H3,(H2,30,38)/t16-,17+,18-,21-,22-,28+/m0/s1. The van der Waals surface area contributed by atoms with Gasteiger partial charge in [0.05, 0.1) is 28.9 Å². The number of phenols is 1. The van der Waals surface area contributed by atoms with Gasteiger partial charge >= 0.3 is 6.03 Å². The number of hydrogen-bond donors (Lipinski definition) is 2. The number of urea groups is 1. The quantitative estimate of drug-likeness (QED) is 0.464. The van der Waals surface area contributed by atoms with Crippen LogP contribution in [-0.2, 0) is 19.2 Å². The smallest absolute Gasteiger partial charge is 0.328 e. The predicted molar refractivity (Wildman–Crippen MR) is 131 cm³/mol. The average Bonchev–Trinajstić information content (AvgIpc) is 3.26. The number of likely N-dealkylation sites (tertiary alicyclic amines) is 1. The number of imide groups is 4. The van der Waals surface area contributed by atoms with E-state index in [4.69, 9.17) is 5.73 Å². The van der Waals surface area contributed by atoms with Crippen LogP contribution in [0.3, 0.4) is 0 Å². The number of phenolic OH excluding ortho intramolecular Hbond substituents is 1. The molecule has 2 aliphatic heterocycles. The minimum atomic E-state index is -1.33. The molecule has 2 aliphatic carbocycles. The Hall–Kier alpha value is -4.34. The summed E-state index contributed by atoms with van der Waals surface area (Å²) in [7, 11) is 0. The molecule has 9 nitrogen and oxygen atoms in total. The Bertz CT molecular complexity index is 1470. The molecule has 0 aromatic heterocycles. The normalized spacial score (nSPS) is 32.2. The van der Waals surface area contributed by atoms with E-state index in [0.29, 0.717) is 21.7 Å². The zero-order valence-corrected chi connectivity index (χ0v) is 20.3. The minimum absolute atomic E-state index is 0.0973. The van der Waals surface area contributed by atoms with Crippen LogP contribution in [0.25, 0.3) is 0 Å². The number of amides is 6. The van der Waals surface area contributed by atoms with Gasteiger partial charge < -0.3 is 10.8 Å². The van der Waals surface area contributed by atoms with Crippen molar-refractivity contribution in [1.82, 2.24) is 4.90 Å². The van der Waals surface area contributed by atoms with Crippen molar-refractivity contribution < 1.29 is 33.5 Å². The van der Waals surface area contributed by atoms with E-state index < -0.39 is 76.2 Å². The second kappa shape index (κ2) is 8.08. The highest BCUT2D eigenvalue weighted by atomic mass is 19.1. The third-order valence-electron chi connectivity index (χ3n) is 8.81. The largest absolute Gasteiger partial charge is 0.505 e. The lowest BCUT2D eigenvalue weighted by Gasteiger charge is -2.49. The van der Waals surface area contributed by atoms with Crippen molar-refractivity contribution in [3.8, 4) is 5.75 Å². The van der Waals surface area contributed by atoms with Crippen molar-refractivity contribution in [3.63, 3.8) is 0 Å². The molecular weight excluding hydrogens is 493 g/mol. The van der Waals surface area contributed by atoms with Gasteiger partial charge in [-0.15, -0.1) is 0 Å². The Kier molecular flexibility index (Phi) is 5.11. The van der Waals surface area contributed by atoms with Crippen LogP contribution < -0.4 is 10.6 Å². The summed E-state index contributed by atoms with van der Waals surface area (Å²) >= 11 is 0. The molecule has 2 aromatic rings. The lowest BCUT2D eigenvalue weighted by Crippen LogP contribution is -2.49. The molecule has 3 N–H and O–H groups in total. The number of halogens is 1. The highest BCUT2D eigenvalue weighted by molar-refractivity contribution is 6.24. The SMILES string of the molecule is C[C@@]12C(=O)N(c3ccccc3)C(=O)[C@@H]1C[C@@H]1C(=CC[C@@H]3C(=O)N(C(N)=O)C(=O)[C@@H]31)[C@@H]2c1ccc(O)c(F)c1. The van der Waals surface area contributed by atoms with Crippen molar-refractivity contribution in [2.24, 2.45) is 34.8 Å². The minimum Gasteiger partial charge on any atom is -0.505 e. The number of para-hydroxylation sites is 1. The average molecular weight is 518 g/mol. The number of nitrogens with zero attached hydrogens (tertiary/aromatic N) is 2. The molecule has 3 fully saturated rings. The molecule has 0 unspecified atom stereocenters. The fraction of sp³-hybridized carbons (Fsp3) is 0.321. The van der Waals surface area contributed by atoms with Crippen molar-refractivity contribution >= 4 is 35.3 Å². The predicted octanol–water partition coefficient (Wildman–Crippen LogP) is 2.84. The third-order valence-corrected chi connectivity index (χ3v) is 8.81. The summed E-state index contributed by atoms with van der Waals surface area (Å²) in [6, 6.07) is 11.2. The van der Waals surface area contributed by atoms with Crippen LogP contribution in [0.5, 0.6) is 5.75 Å². The number of carbonyl (C=O) groups excluding carboxylic acids is 5. The van der Waals surface area contributed by atoms with E-state index in [0.717, 1.165) is 11.0 Å². The van der Waals surface area contributed by atoms with Crippen molar-refractivity contribution in [1.29, 1.82) is 0 Å². The number of rotatable bonds is 2. The zero-order valence-electron chi connectivity index (χ0n) is 20.3. The summed E-state index contributed by atoms with van der Waals surface area (Å²) in [5.74, 6) is -7.86. The fourth-order valence-electron chi connectivity index (χ4n) is 7.14. The van der Waals surface area contributed by atoms with Crippen molar-refractivity contribution in [3.05, 3.63) is 71.6 Å². The highest BCUT2D eigenvalue weighted by Gasteiger charge is 2.67. The number of carbonyl (C=O) groups is 5. The lowest BCUT2D eigenvalue weighted by atomic mass is 9.51. The van der Waals surface area contributed by atoms with Crippen LogP contribution >= 0.6 is 0 Å². The van der Waals surface area contributed by atoms with Crippen LogP contribution in [0.1, 0.15) is 31.2 Å². The molecule has 10 heteroatoms. The lowest BCUT2D eigenvalue weighted by molar-refractivity contribution is -0.136. The third kappa shape index (κ3) is 3.00. The Morgan fingerprint density at radius 1 is 1.03 bits per heavy atom. The van der Waals surface area contributed by atoms with E-state index in [1.54, 1.807) is 43.3 Å². The maximum atomic E-state index is 14.6. The summed E-state index contributed by atoms with van der Waals surface area (Å²) in [5.41, 5.74) is 5.40. The molecule has 6 rings (SSSR count). The Labute approximate surface area is 216 Å². The fourth-order valence-corrected chi connectivity index (χ4v) is 7.14. The maximum absolute atomic E-state index is 14.6. The summed E-state index contributed by atoms with van der Waals surface area (Å²) in [5, 5.41) is 9.83. The first-order chi connectivity index (χ1) is 18.1. The molecule has 2 aromatic carbocycles. The van der Waals surface area contributed by atoms with Gasteiger partial charge in [0.1, 0.15) is 0 Å². The molecule has 38 heavy (non-hydrogen) atoms. The highest BCUT2D eigenvalue weighted by Crippen LogP contribution is 2.63. The molecule has 6 amide bonds. The Morgan fingerprint density at radius 2 is 1.74 bits per heavy atom. The molecule has 0 spiro atoms. The van der Waals surface area contributed by atoms with Crippen molar-refractivity contribution in [2.75, 3.05) is 4.90 Å². The number of primary amides is 1. The van der Waals surface area contributed by atoms with Crippen molar-refractivity contribution in [2.45, 2.75) is 25.7 Å². The van der Waals surface area contributed by atoms with E-state index in [1.807, 2.05) is 0 Å². The number of benzene rings is 2. The number of allylic oxidation sites excluding steroid dienone is 2. The molecular formula is C28H24FN3O6. The first kappa shape index (κ1) is 24.0. The van der Waals surface area contributed by atoms with E-state index in [2.05, 4.69) is 0 Å². The number of aromatic hydroxyl groups is 1. The van der Waals surface area contributed by atoms with E-state index in [1.165, 1.54) is 12.1 Å². The number of anilines is 1. The van der Waals surface area contributed by atoms with Crippen LogP contribution in [0.4, 0.5) is 14.9 Å². The second-order valence-corrected chi connectivity index (χ2v) is 10.6. The molecule has 2 heterocycles. The number of hydrogen-bond acceptors (Lipinski definition) is 6. The molecule has 194 valence electrons. The topological polar surface area (TPSA) is 138 Å². The van der Waals surface area contributed by atoms with Crippen LogP contribution in [0, 0.1) is 34.9 Å². The monoisotopic (exact) mass is 517 g/mol. The van der Waals surface area contributed by atoms with Crippen LogP contribution in [0.15, 0.2) is 60.2 Å². The van der Waals surface area contributed by atoms with Gasteiger partial charge in [0.2, 0.25) is 23.6 Å². The van der Waals surface area contributed by atoms with Gasteiger partial charge in [-0.05, 0) is 55.5 Å². The summed E-state index contributed by atoms with van der Waals surface area (Å²) in [6.07, 6.45) is 2.01. The van der Waals surface area contributed by atoms with Gasteiger partial charge in [0.15, 0.2) is 11.6 Å². The summed E-state index contributed by atoms with van der Waals surface area (Å²) in [6.45, 7) is 1.68. The molecule has 0 bridgehead atoms. The molecule has 6 atom stereocenters. The molecule has 0 radical (unpaired) electrons. The number of fused-ring (bicyclic) bond motifs is 4. The molecule has 4 aliphatic rings. The van der Waals surface area contributed by atoms with Gasteiger partial charge in [-0.2, -0.15) is 4.90 Å². The Morgan fingerprint density at radius 3 is 2.39 bits per heavy atom. The van der Waals surface area contributed by atoms with E-state index in [-0.39, 0.29) is 12.8 Å².